The van der Waals surface area contributed by atoms with Crippen LogP contribution < -0.4 is 11.1 Å². The zero-order chi connectivity index (χ0) is 14.6. The molecule has 0 amide bonds. The van der Waals surface area contributed by atoms with E-state index < -0.39 is 0 Å². The Balaban J connectivity index is 2.60. The van der Waals surface area contributed by atoms with Crippen LogP contribution in [-0.4, -0.2) is 17.1 Å². The number of hydrogen-bond donors (Lipinski definition) is 2. The van der Waals surface area contributed by atoms with Gasteiger partial charge in [0.2, 0.25) is 0 Å². The Labute approximate surface area is 119 Å². The number of pyridine rings is 1. The van der Waals surface area contributed by atoms with Crippen molar-refractivity contribution in [1.29, 1.82) is 5.26 Å². The molecule has 0 aliphatic heterocycles. The Hall–Kier alpha value is -2.12. The minimum absolute atomic E-state index is 0.185. The molecule has 2 rings (SSSR count). The largest absolute Gasteiger partial charge is 0.377 e. The lowest BCUT2D eigenvalue weighted by molar-refractivity contribution is 0.446. The van der Waals surface area contributed by atoms with Crippen LogP contribution >= 0.6 is 0 Å². The quantitative estimate of drug-likeness (QED) is 0.874. The van der Waals surface area contributed by atoms with Crippen LogP contribution in [0.3, 0.4) is 0 Å². The van der Waals surface area contributed by atoms with E-state index in [9.17, 15) is 5.26 Å². The van der Waals surface area contributed by atoms with Gasteiger partial charge in [-0.05, 0) is 18.9 Å². The number of fused-ring (bicyclic) bond motifs is 1. The van der Waals surface area contributed by atoms with Crippen molar-refractivity contribution < 1.29 is 0 Å². The molecule has 0 saturated carbocycles. The van der Waals surface area contributed by atoms with Crippen LogP contribution in [0.2, 0.25) is 0 Å². The minimum Gasteiger partial charge on any atom is -0.377 e. The molecule has 0 radical (unpaired) electrons. The number of rotatable bonds is 5. The molecule has 0 atom stereocenters. The summed E-state index contributed by atoms with van der Waals surface area (Å²) < 4.78 is 0. The average Bonchev–Trinajstić information content (AvgIpc) is 2.52. The van der Waals surface area contributed by atoms with E-state index >= 15 is 0 Å². The van der Waals surface area contributed by atoms with Crippen LogP contribution in [0, 0.1) is 11.3 Å². The lowest BCUT2D eigenvalue weighted by atomic mass is 9.91. The van der Waals surface area contributed by atoms with E-state index in [1.807, 2.05) is 24.3 Å². The molecule has 1 aromatic heterocycles. The van der Waals surface area contributed by atoms with Crippen molar-refractivity contribution in [3.05, 3.63) is 36.0 Å². The summed E-state index contributed by atoms with van der Waals surface area (Å²) in [4.78, 5) is 4.33. The highest BCUT2D eigenvalue weighted by Gasteiger charge is 2.25. The average molecular weight is 268 g/mol. The van der Waals surface area contributed by atoms with Crippen molar-refractivity contribution in [2.75, 3.05) is 11.9 Å². The predicted molar refractivity (Wildman–Crippen MR) is 82.4 cm³/mol. The summed E-state index contributed by atoms with van der Waals surface area (Å²) in [6, 6.07) is 10.1. The van der Waals surface area contributed by atoms with Crippen LogP contribution in [0.5, 0.6) is 0 Å². The Kier molecular flexibility index (Phi) is 4.21. The van der Waals surface area contributed by atoms with Gasteiger partial charge in [-0.3, -0.25) is 4.98 Å². The summed E-state index contributed by atoms with van der Waals surface area (Å²) in [5.74, 6) is 0. The summed E-state index contributed by atoms with van der Waals surface area (Å²) in [7, 11) is 0. The first kappa shape index (κ1) is 14.3. The second-order valence-corrected chi connectivity index (χ2v) is 4.99. The number of anilines is 1. The normalized spacial score (nSPS) is 11.3. The molecule has 4 heteroatoms. The molecule has 2 aromatic rings. The summed E-state index contributed by atoms with van der Waals surface area (Å²) in [6.07, 6.45) is 3.43. The topological polar surface area (TPSA) is 74.7 Å². The highest BCUT2D eigenvalue weighted by atomic mass is 15.0. The van der Waals surface area contributed by atoms with Crippen molar-refractivity contribution in [3.63, 3.8) is 0 Å². The monoisotopic (exact) mass is 268 g/mol. The number of nitrogens with one attached hydrogen (secondary N) is 1. The molecule has 0 bridgehead atoms. The standard InChI is InChI=1S/C16H20N4/c1-3-16(4-2,11-18)20-15-12(9-17)10-19-14-8-6-5-7-13(14)15/h5-8,10H,3-4,11,18H2,1-2H3,(H,19,20). The fourth-order valence-electron chi connectivity index (χ4n) is 2.39. The van der Waals surface area contributed by atoms with Crippen molar-refractivity contribution >= 4 is 16.6 Å². The Morgan fingerprint density at radius 3 is 2.60 bits per heavy atom. The van der Waals surface area contributed by atoms with Crippen LogP contribution in [0.1, 0.15) is 32.3 Å². The van der Waals surface area contributed by atoms with Gasteiger partial charge in [-0.1, -0.05) is 32.0 Å². The number of nitrogens with zero attached hydrogens (tertiary/aromatic N) is 2. The number of benzene rings is 1. The van der Waals surface area contributed by atoms with Crippen LogP contribution in [0.25, 0.3) is 10.9 Å². The first-order valence-corrected chi connectivity index (χ1v) is 6.95. The predicted octanol–water partition coefficient (Wildman–Crippen LogP) is 3.04. The second-order valence-electron chi connectivity index (χ2n) is 4.99. The molecule has 0 spiro atoms. The lowest BCUT2D eigenvalue weighted by Crippen LogP contribution is -2.44. The third kappa shape index (κ3) is 2.45. The third-order valence-electron chi connectivity index (χ3n) is 4.03. The van der Waals surface area contributed by atoms with Gasteiger partial charge in [-0.2, -0.15) is 5.26 Å². The fraction of sp³-hybridized carbons (Fsp3) is 0.375. The molecular formula is C16H20N4. The molecule has 0 saturated heterocycles. The maximum Gasteiger partial charge on any atom is 0.103 e. The van der Waals surface area contributed by atoms with Crippen molar-refractivity contribution in [1.82, 2.24) is 4.98 Å². The van der Waals surface area contributed by atoms with E-state index in [-0.39, 0.29) is 5.54 Å². The van der Waals surface area contributed by atoms with Gasteiger partial charge in [0.25, 0.3) is 0 Å². The Morgan fingerprint density at radius 1 is 1.30 bits per heavy atom. The summed E-state index contributed by atoms with van der Waals surface area (Å²) in [5.41, 5.74) is 8.05. The summed E-state index contributed by atoms with van der Waals surface area (Å²) in [6.45, 7) is 4.75. The molecule has 1 aromatic carbocycles. The van der Waals surface area contributed by atoms with E-state index in [0.717, 1.165) is 29.4 Å². The number of aromatic nitrogens is 1. The van der Waals surface area contributed by atoms with Gasteiger partial charge in [0.05, 0.1) is 16.8 Å². The molecule has 20 heavy (non-hydrogen) atoms. The van der Waals surface area contributed by atoms with Crippen molar-refractivity contribution in [2.24, 2.45) is 5.73 Å². The zero-order valence-electron chi connectivity index (χ0n) is 12.0. The van der Waals surface area contributed by atoms with E-state index in [2.05, 4.69) is 30.2 Å². The van der Waals surface area contributed by atoms with E-state index in [0.29, 0.717) is 12.1 Å². The van der Waals surface area contributed by atoms with Crippen molar-refractivity contribution in [2.45, 2.75) is 32.2 Å². The summed E-state index contributed by atoms with van der Waals surface area (Å²) in [5, 5.41) is 13.8. The molecule has 0 aliphatic rings. The van der Waals surface area contributed by atoms with Gasteiger partial charge < -0.3 is 11.1 Å². The Bertz CT molecular complexity index is 630. The molecule has 4 nitrogen and oxygen atoms in total. The maximum absolute atomic E-state index is 9.33. The SMILES string of the molecule is CCC(CC)(CN)Nc1c(C#N)cnc2ccccc12. The van der Waals surface area contributed by atoms with Crippen LogP contribution in [0.4, 0.5) is 5.69 Å². The minimum atomic E-state index is -0.185. The highest BCUT2D eigenvalue weighted by Crippen LogP contribution is 2.30. The molecule has 0 aliphatic carbocycles. The number of nitrogens with two attached hydrogens (primary N) is 1. The molecule has 0 fully saturated rings. The first-order chi connectivity index (χ1) is 9.69. The smallest absolute Gasteiger partial charge is 0.103 e. The van der Waals surface area contributed by atoms with Gasteiger partial charge in [0.1, 0.15) is 6.07 Å². The van der Waals surface area contributed by atoms with E-state index in [1.54, 1.807) is 6.20 Å². The van der Waals surface area contributed by atoms with Crippen molar-refractivity contribution in [3.8, 4) is 6.07 Å². The molecule has 3 N–H and O–H groups in total. The second kappa shape index (κ2) is 5.89. The number of nitriles is 1. The van der Waals surface area contributed by atoms with E-state index in [4.69, 9.17) is 5.73 Å². The molecule has 104 valence electrons. The van der Waals surface area contributed by atoms with Crippen LogP contribution in [-0.2, 0) is 0 Å². The van der Waals surface area contributed by atoms with Gasteiger partial charge >= 0.3 is 0 Å². The first-order valence-electron chi connectivity index (χ1n) is 6.95. The molecule has 1 heterocycles. The number of hydrogen-bond acceptors (Lipinski definition) is 4. The summed E-state index contributed by atoms with van der Waals surface area (Å²) >= 11 is 0. The maximum atomic E-state index is 9.33. The third-order valence-corrected chi connectivity index (χ3v) is 4.03. The zero-order valence-corrected chi connectivity index (χ0v) is 12.0. The Morgan fingerprint density at radius 2 is 2.00 bits per heavy atom. The fourth-order valence-corrected chi connectivity index (χ4v) is 2.39. The highest BCUT2D eigenvalue weighted by molar-refractivity contribution is 5.94. The van der Waals surface area contributed by atoms with E-state index in [1.165, 1.54) is 0 Å². The molecule has 0 unspecified atom stereocenters. The van der Waals surface area contributed by atoms with Gasteiger partial charge in [-0.25, -0.2) is 0 Å². The van der Waals surface area contributed by atoms with Gasteiger partial charge in [0, 0.05) is 23.7 Å². The molecular weight excluding hydrogens is 248 g/mol. The lowest BCUT2D eigenvalue weighted by Gasteiger charge is -2.33. The van der Waals surface area contributed by atoms with Gasteiger partial charge in [-0.15, -0.1) is 0 Å². The van der Waals surface area contributed by atoms with Crippen LogP contribution in [0.15, 0.2) is 30.5 Å². The number of para-hydroxylation sites is 1. The van der Waals surface area contributed by atoms with Gasteiger partial charge in [0.15, 0.2) is 0 Å².